The Labute approximate surface area is 92.7 Å². The Balaban J connectivity index is 2.82. The SMILES string of the molecule is CC(C)N(C)c1nc(C(=O)CCl)cs1. The van der Waals surface area contributed by atoms with Crippen molar-refractivity contribution in [2.24, 2.45) is 0 Å². The van der Waals surface area contributed by atoms with Crippen LogP contribution in [0.25, 0.3) is 0 Å². The molecule has 0 aliphatic heterocycles. The maximum atomic E-state index is 11.2. The fourth-order valence-electron chi connectivity index (χ4n) is 0.844. The number of ketones is 1. The van der Waals surface area contributed by atoms with Crippen molar-refractivity contribution in [2.75, 3.05) is 17.8 Å². The monoisotopic (exact) mass is 232 g/mol. The number of rotatable bonds is 4. The molecule has 0 radical (unpaired) electrons. The summed E-state index contributed by atoms with van der Waals surface area (Å²) in [5.74, 6) is -0.125. The molecule has 0 saturated heterocycles. The molecule has 0 atom stereocenters. The molecule has 0 fully saturated rings. The van der Waals surface area contributed by atoms with Crippen molar-refractivity contribution in [1.29, 1.82) is 0 Å². The normalized spacial score (nSPS) is 10.6. The van der Waals surface area contributed by atoms with E-state index in [9.17, 15) is 4.79 Å². The summed E-state index contributed by atoms with van der Waals surface area (Å²) < 4.78 is 0. The quantitative estimate of drug-likeness (QED) is 0.591. The second kappa shape index (κ2) is 4.75. The average Bonchev–Trinajstić information content (AvgIpc) is 2.64. The Morgan fingerprint density at radius 1 is 1.71 bits per heavy atom. The molecule has 3 nitrogen and oxygen atoms in total. The Morgan fingerprint density at radius 2 is 2.36 bits per heavy atom. The van der Waals surface area contributed by atoms with Crippen LogP contribution in [0.3, 0.4) is 0 Å². The van der Waals surface area contributed by atoms with Crippen molar-refractivity contribution >= 4 is 33.9 Å². The summed E-state index contributed by atoms with van der Waals surface area (Å²) in [5.41, 5.74) is 0.465. The lowest BCUT2D eigenvalue weighted by molar-refractivity contribution is 0.101. The van der Waals surface area contributed by atoms with E-state index in [4.69, 9.17) is 11.6 Å². The van der Waals surface area contributed by atoms with E-state index in [1.165, 1.54) is 11.3 Å². The number of alkyl halides is 1. The number of aromatic nitrogens is 1. The van der Waals surface area contributed by atoms with Gasteiger partial charge in [-0.1, -0.05) is 0 Å². The fraction of sp³-hybridized carbons (Fsp3) is 0.556. The molecule has 0 amide bonds. The van der Waals surface area contributed by atoms with Crippen LogP contribution in [-0.2, 0) is 0 Å². The number of thiazole rings is 1. The first-order valence-corrected chi connectivity index (χ1v) is 5.75. The summed E-state index contributed by atoms with van der Waals surface area (Å²) in [4.78, 5) is 17.4. The number of hydrogen-bond donors (Lipinski definition) is 0. The first-order chi connectivity index (χ1) is 6.56. The van der Waals surface area contributed by atoms with Crippen LogP contribution in [0, 0.1) is 0 Å². The van der Waals surface area contributed by atoms with Crippen molar-refractivity contribution in [3.63, 3.8) is 0 Å². The number of Topliss-reactive ketones (excluding diaryl/α,β-unsaturated/α-hetero) is 1. The third kappa shape index (κ3) is 2.45. The topological polar surface area (TPSA) is 33.2 Å². The maximum absolute atomic E-state index is 11.2. The Morgan fingerprint density at radius 3 is 2.86 bits per heavy atom. The van der Waals surface area contributed by atoms with Crippen LogP contribution in [0.4, 0.5) is 5.13 Å². The standard InChI is InChI=1S/C9H13ClN2OS/c1-6(2)12(3)9-11-7(5-14-9)8(13)4-10/h5-6H,4H2,1-3H3. The van der Waals surface area contributed by atoms with Gasteiger partial charge in [0.05, 0.1) is 5.88 Å². The highest BCUT2D eigenvalue weighted by atomic mass is 35.5. The van der Waals surface area contributed by atoms with Crippen LogP contribution in [0.2, 0.25) is 0 Å². The van der Waals surface area contributed by atoms with Crippen LogP contribution >= 0.6 is 22.9 Å². The van der Waals surface area contributed by atoms with Crippen LogP contribution in [0.15, 0.2) is 5.38 Å². The van der Waals surface area contributed by atoms with Gasteiger partial charge in [0.15, 0.2) is 10.9 Å². The summed E-state index contributed by atoms with van der Waals surface area (Å²) >= 11 is 6.90. The van der Waals surface area contributed by atoms with Gasteiger partial charge in [0, 0.05) is 18.5 Å². The molecule has 0 N–H and O–H groups in total. The first kappa shape index (κ1) is 11.5. The predicted octanol–water partition coefficient (Wildman–Crippen LogP) is 2.41. The fourth-order valence-corrected chi connectivity index (χ4v) is 1.91. The summed E-state index contributed by atoms with van der Waals surface area (Å²) in [6, 6.07) is 0.375. The highest BCUT2D eigenvalue weighted by molar-refractivity contribution is 7.14. The summed E-state index contributed by atoms with van der Waals surface area (Å²) in [7, 11) is 1.96. The highest BCUT2D eigenvalue weighted by Gasteiger charge is 2.13. The smallest absolute Gasteiger partial charge is 0.196 e. The molecule has 5 heteroatoms. The van der Waals surface area contributed by atoms with Crippen molar-refractivity contribution in [2.45, 2.75) is 19.9 Å². The number of hydrogen-bond acceptors (Lipinski definition) is 4. The second-order valence-corrected chi connectivity index (χ2v) is 4.38. The van der Waals surface area contributed by atoms with Gasteiger partial charge in [0.2, 0.25) is 0 Å². The van der Waals surface area contributed by atoms with E-state index in [-0.39, 0.29) is 11.7 Å². The largest absolute Gasteiger partial charge is 0.349 e. The minimum atomic E-state index is -0.119. The molecule has 0 spiro atoms. The van der Waals surface area contributed by atoms with Crippen molar-refractivity contribution < 1.29 is 4.79 Å². The van der Waals surface area contributed by atoms with E-state index in [0.29, 0.717) is 11.7 Å². The zero-order chi connectivity index (χ0) is 10.7. The van der Waals surface area contributed by atoms with E-state index in [2.05, 4.69) is 18.8 Å². The van der Waals surface area contributed by atoms with Gasteiger partial charge in [0.25, 0.3) is 0 Å². The second-order valence-electron chi connectivity index (χ2n) is 3.28. The molecule has 0 unspecified atom stereocenters. The maximum Gasteiger partial charge on any atom is 0.196 e. The van der Waals surface area contributed by atoms with Gasteiger partial charge in [0.1, 0.15) is 5.69 Å². The van der Waals surface area contributed by atoms with Gasteiger partial charge in [-0.25, -0.2) is 4.98 Å². The zero-order valence-electron chi connectivity index (χ0n) is 8.45. The molecule has 0 aliphatic rings. The third-order valence-electron chi connectivity index (χ3n) is 1.98. The molecular formula is C9H13ClN2OS. The van der Waals surface area contributed by atoms with Gasteiger partial charge < -0.3 is 4.90 Å². The van der Waals surface area contributed by atoms with Gasteiger partial charge in [-0.05, 0) is 13.8 Å². The first-order valence-electron chi connectivity index (χ1n) is 4.33. The lowest BCUT2D eigenvalue weighted by Gasteiger charge is -2.19. The van der Waals surface area contributed by atoms with Gasteiger partial charge in [-0.2, -0.15) is 0 Å². The minimum absolute atomic E-state index is 0.00539. The van der Waals surface area contributed by atoms with Gasteiger partial charge in [-0.3, -0.25) is 4.79 Å². The Kier molecular flexibility index (Phi) is 3.89. The number of nitrogens with zero attached hydrogens (tertiary/aromatic N) is 2. The predicted molar refractivity (Wildman–Crippen MR) is 60.7 cm³/mol. The molecule has 78 valence electrons. The van der Waals surface area contributed by atoms with Gasteiger partial charge in [-0.15, -0.1) is 22.9 Å². The van der Waals surface area contributed by atoms with Crippen LogP contribution in [0.1, 0.15) is 24.3 Å². The average molecular weight is 233 g/mol. The van der Waals surface area contributed by atoms with E-state index in [1.54, 1.807) is 5.38 Å². The van der Waals surface area contributed by atoms with E-state index >= 15 is 0 Å². The molecule has 0 saturated carbocycles. The Hall–Kier alpha value is -0.610. The molecule has 14 heavy (non-hydrogen) atoms. The number of anilines is 1. The molecule has 1 heterocycles. The van der Waals surface area contributed by atoms with Crippen molar-refractivity contribution in [3.8, 4) is 0 Å². The van der Waals surface area contributed by atoms with Gasteiger partial charge >= 0.3 is 0 Å². The molecule has 1 aromatic heterocycles. The third-order valence-corrected chi connectivity index (χ3v) is 3.15. The molecule has 0 aromatic carbocycles. The van der Waals surface area contributed by atoms with Crippen LogP contribution < -0.4 is 4.90 Å². The molecule has 0 bridgehead atoms. The molecular weight excluding hydrogens is 220 g/mol. The lowest BCUT2D eigenvalue weighted by Crippen LogP contribution is -2.25. The highest BCUT2D eigenvalue weighted by Crippen LogP contribution is 2.21. The minimum Gasteiger partial charge on any atom is -0.349 e. The molecule has 0 aliphatic carbocycles. The van der Waals surface area contributed by atoms with E-state index in [0.717, 1.165) is 5.13 Å². The Bertz CT molecular complexity index is 324. The molecule has 1 aromatic rings. The summed E-state index contributed by atoms with van der Waals surface area (Å²) in [5, 5.41) is 2.60. The van der Waals surface area contributed by atoms with E-state index in [1.807, 2.05) is 11.9 Å². The van der Waals surface area contributed by atoms with Crippen molar-refractivity contribution in [1.82, 2.24) is 4.98 Å². The lowest BCUT2D eigenvalue weighted by atomic mass is 10.3. The number of halogens is 1. The summed E-state index contributed by atoms with van der Waals surface area (Å²) in [6.07, 6.45) is 0. The number of carbonyl (C=O) groups is 1. The van der Waals surface area contributed by atoms with E-state index < -0.39 is 0 Å². The van der Waals surface area contributed by atoms with Crippen LogP contribution in [-0.4, -0.2) is 29.7 Å². The number of carbonyl (C=O) groups excluding carboxylic acids is 1. The molecule has 1 rings (SSSR count). The van der Waals surface area contributed by atoms with Crippen molar-refractivity contribution in [3.05, 3.63) is 11.1 Å². The zero-order valence-corrected chi connectivity index (χ0v) is 10.0. The van der Waals surface area contributed by atoms with Crippen LogP contribution in [0.5, 0.6) is 0 Å². The summed E-state index contributed by atoms with van der Waals surface area (Å²) in [6.45, 7) is 4.15.